The summed E-state index contributed by atoms with van der Waals surface area (Å²) in [6, 6.07) is 0.816. The van der Waals surface area contributed by atoms with Crippen LogP contribution in [0.5, 0.6) is 0 Å². The first-order valence-electron chi connectivity index (χ1n) is 8.50. The molecule has 0 aromatic rings. The summed E-state index contributed by atoms with van der Waals surface area (Å²) >= 11 is 0. The summed E-state index contributed by atoms with van der Waals surface area (Å²) in [6.07, 6.45) is 10.5. The van der Waals surface area contributed by atoms with Gasteiger partial charge in [-0.2, -0.15) is 0 Å². The Hall–Kier alpha value is -0.130. The van der Waals surface area contributed by atoms with Gasteiger partial charge in [0.2, 0.25) is 0 Å². The molecule has 1 aliphatic heterocycles. The van der Waals surface area contributed by atoms with E-state index in [1.54, 1.807) is 0 Å². The highest BCUT2D eigenvalue weighted by molar-refractivity contribution is 7.91. The lowest BCUT2D eigenvalue weighted by Crippen LogP contribution is -2.48. The average molecular weight is 317 g/mol. The predicted molar refractivity (Wildman–Crippen MR) is 86.1 cm³/mol. The fourth-order valence-corrected chi connectivity index (χ4v) is 5.30. The number of hydrogen-bond acceptors (Lipinski definition) is 4. The van der Waals surface area contributed by atoms with Crippen LogP contribution < -0.4 is 0 Å². The summed E-state index contributed by atoms with van der Waals surface area (Å²) in [6.45, 7) is 2.93. The van der Waals surface area contributed by atoms with E-state index in [9.17, 15) is 13.5 Å². The van der Waals surface area contributed by atoms with E-state index in [0.29, 0.717) is 12.1 Å². The van der Waals surface area contributed by atoms with Gasteiger partial charge in [0.05, 0.1) is 11.4 Å². The topological polar surface area (TPSA) is 57.6 Å². The maximum atomic E-state index is 11.9. The lowest BCUT2D eigenvalue weighted by Gasteiger charge is -2.41. The highest BCUT2D eigenvalue weighted by atomic mass is 32.2. The van der Waals surface area contributed by atoms with Crippen LogP contribution in [0.2, 0.25) is 0 Å². The Morgan fingerprint density at radius 2 is 1.90 bits per heavy atom. The van der Waals surface area contributed by atoms with E-state index < -0.39 is 9.84 Å². The molecule has 4 unspecified atom stereocenters. The molecule has 1 saturated heterocycles. The molecule has 124 valence electrons. The summed E-state index contributed by atoms with van der Waals surface area (Å²) in [5.41, 5.74) is 0. The third-order valence-electron chi connectivity index (χ3n) is 5.21. The summed E-state index contributed by atoms with van der Waals surface area (Å²) in [7, 11) is -2.92. The number of aliphatic hydroxyl groups is 1. The van der Waals surface area contributed by atoms with Crippen LogP contribution in [0.25, 0.3) is 0 Å². The Morgan fingerprint density at radius 3 is 2.57 bits per heavy atom. The van der Waals surface area contributed by atoms with Crippen molar-refractivity contribution in [3.63, 3.8) is 0 Å². The molecule has 0 aromatic heterocycles. The Bertz CT molecular complexity index is 421. The SMILES string of the molecule is CC(O)CC1CCCCCN1C1CCCC(S(C)(=O)=O)C1. The number of likely N-dealkylation sites (tertiary alicyclic amines) is 1. The lowest BCUT2D eigenvalue weighted by molar-refractivity contribution is 0.0678. The lowest BCUT2D eigenvalue weighted by atomic mass is 9.91. The van der Waals surface area contributed by atoms with Gasteiger partial charge >= 0.3 is 0 Å². The van der Waals surface area contributed by atoms with E-state index in [1.807, 2.05) is 6.92 Å². The fraction of sp³-hybridized carbons (Fsp3) is 1.00. The van der Waals surface area contributed by atoms with Crippen LogP contribution in [0.3, 0.4) is 0 Å². The van der Waals surface area contributed by atoms with Crippen molar-refractivity contribution in [3.05, 3.63) is 0 Å². The van der Waals surface area contributed by atoms with E-state index in [-0.39, 0.29) is 11.4 Å². The minimum atomic E-state index is -2.92. The van der Waals surface area contributed by atoms with Gasteiger partial charge in [0.25, 0.3) is 0 Å². The van der Waals surface area contributed by atoms with Crippen molar-refractivity contribution in [2.45, 2.75) is 88.1 Å². The molecule has 2 aliphatic rings. The quantitative estimate of drug-likeness (QED) is 0.865. The minimum Gasteiger partial charge on any atom is -0.393 e. The number of sulfone groups is 1. The first kappa shape index (κ1) is 17.2. The van der Waals surface area contributed by atoms with Crippen molar-refractivity contribution in [2.24, 2.45) is 0 Å². The van der Waals surface area contributed by atoms with E-state index in [0.717, 1.165) is 45.1 Å². The molecular weight excluding hydrogens is 286 g/mol. The Kier molecular flexibility index (Phi) is 6.09. The van der Waals surface area contributed by atoms with Crippen molar-refractivity contribution in [1.82, 2.24) is 4.90 Å². The zero-order valence-corrected chi connectivity index (χ0v) is 14.3. The van der Waals surface area contributed by atoms with Gasteiger partial charge in [-0.15, -0.1) is 0 Å². The molecule has 4 atom stereocenters. The fourth-order valence-electron chi connectivity index (χ4n) is 4.14. The standard InChI is InChI=1S/C16H31NO3S/c1-13(18)11-14-7-4-3-5-10-17(14)15-8-6-9-16(12-15)21(2,19)20/h13-16,18H,3-12H2,1-2H3. The zero-order chi connectivity index (χ0) is 15.5. The molecule has 0 radical (unpaired) electrons. The Balaban J connectivity index is 2.08. The number of nitrogens with zero attached hydrogens (tertiary/aromatic N) is 1. The summed E-state index contributed by atoms with van der Waals surface area (Å²) < 4.78 is 23.8. The maximum Gasteiger partial charge on any atom is 0.150 e. The predicted octanol–water partition coefficient (Wildman–Crippen LogP) is 2.36. The second-order valence-electron chi connectivity index (χ2n) is 7.10. The molecule has 1 N–H and O–H groups in total. The zero-order valence-electron chi connectivity index (χ0n) is 13.5. The molecular formula is C16H31NO3S. The highest BCUT2D eigenvalue weighted by Crippen LogP contribution is 2.32. The smallest absolute Gasteiger partial charge is 0.150 e. The van der Waals surface area contributed by atoms with Crippen LogP contribution >= 0.6 is 0 Å². The van der Waals surface area contributed by atoms with Crippen molar-refractivity contribution in [1.29, 1.82) is 0 Å². The molecule has 0 spiro atoms. The summed E-state index contributed by atoms with van der Waals surface area (Å²) in [5, 5.41) is 9.61. The van der Waals surface area contributed by atoms with Crippen LogP contribution in [0.1, 0.15) is 64.7 Å². The van der Waals surface area contributed by atoms with E-state index >= 15 is 0 Å². The molecule has 1 saturated carbocycles. The van der Waals surface area contributed by atoms with Crippen molar-refractivity contribution in [2.75, 3.05) is 12.8 Å². The number of aliphatic hydroxyl groups excluding tert-OH is 1. The van der Waals surface area contributed by atoms with Gasteiger partial charge in [0, 0.05) is 18.3 Å². The molecule has 0 aromatic carbocycles. The van der Waals surface area contributed by atoms with Crippen molar-refractivity contribution < 1.29 is 13.5 Å². The number of rotatable bonds is 4. The summed E-state index contributed by atoms with van der Waals surface area (Å²) in [5.74, 6) is 0. The Labute approximate surface area is 129 Å². The highest BCUT2D eigenvalue weighted by Gasteiger charge is 2.35. The molecule has 1 heterocycles. The monoisotopic (exact) mass is 317 g/mol. The van der Waals surface area contributed by atoms with Crippen LogP contribution in [0, 0.1) is 0 Å². The van der Waals surface area contributed by atoms with Gasteiger partial charge in [0.1, 0.15) is 9.84 Å². The first-order chi connectivity index (χ1) is 9.88. The molecule has 5 heteroatoms. The van der Waals surface area contributed by atoms with E-state index in [4.69, 9.17) is 0 Å². The van der Waals surface area contributed by atoms with Crippen LogP contribution in [0.15, 0.2) is 0 Å². The first-order valence-corrected chi connectivity index (χ1v) is 10.5. The van der Waals surface area contributed by atoms with Gasteiger partial charge < -0.3 is 5.11 Å². The maximum absolute atomic E-state index is 11.9. The van der Waals surface area contributed by atoms with Crippen LogP contribution in [0.4, 0.5) is 0 Å². The van der Waals surface area contributed by atoms with Crippen molar-refractivity contribution in [3.8, 4) is 0 Å². The third-order valence-corrected chi connectivity index (χ3v) is 6.85. The molecule has 2 fully saturated rings. The molecule has 2 rings (SSSR count). The normalized spacial score (nSPS) is 34.3. The van der Waals surface area contributed by atoms with Crippen LogP contribution in [-0.4, -0.2) is 54.7 Å². The minimum absolute atomic E-state index is 0.160. The van der Waals surface area contributed by atoms with Gasteiger partial charge in [-0.05, 0) is 52.0 Å². The van der Waals surface area contributed by atoms with Crippen molar-refractivity contribution >= 4 is 9.84 Å². The largest absolute Gasteiger partial charge is 0.393 e. The molecule has 4 nitrogen and oxygen atoms in total. The third kappa shape index (κ3) is 4.93. The van der Waals surface area contributed by atoms with Gasteiger partial charge in [-0.25, -0.2) is 8.42 Å². The molecule has 1 aliphatic carbocycles. The van der Waals surface area contributed by atoms with Gasteiger partial charge in [-0.1, -0.05) is 19.3 Å². The second kappa shape index (κ2) is 7.42. The van der Waals surface area contributed by atoms with E-state index in [2.05, 4.69) is 4.90 Å². The average Bonchev–Trinajstić information content (AvgIpc) is 2.63. The molecule has 0 bridgehead atoms. The van der Waals surface area contributed by atoms with Crippen LogP contribution in [-0.2, 0) is 9.84 Å². The van der Waals surface area contributed by atoms with E-state index in [1.165, 1.54) is 25.5 Å². The number of hydrogen-bond donors (Lipinski definition) is 1. The Morgan fingerprint density at radius 1 is 1.14 bits per heavy atom. The molecule has 0 amide bonds. The van der Waals surface area contributed by atoms with Gasteiger partial charge in [0.15, 0.2) is 0 Å². The molecule has 21 heavy (non-hydrogen) atoms. The second-order valence-corrected chi connectivity index (χ2v) is 9.42. The van der Waals surface area contributed by atoms with Gasteiger partial charge in [-0.3, -0.25) is 4.90 Å². The summed E-state index contributed by atoms with van der Waals surface area (Å²) in [4.78, 5) is 2.54.